The highest BCUT2D eigenvalue weighted by Crippen LogP contribution is 2.29. The third kappa shape index (κ3) is 7.46. The molecule has 0 bridgehead atoms. The number of rotatable bonds is 10. The standard InChI is InChI=1S/C36H26N2O6S/c1-23-8-17-30(38(42)43)22-33(23)34(37-44-24(2)39)36(41)29-15-20-32(21-16-29)45-31-18-13-28(14-19-31)35(40)27-11-9-26(10-12-27)25-6-4-3-5-7-25/h3-22H,1-2H3. The van der Waals surface area contributed by atoms with Crippen LogP contribution in [0.25, 0.3) is 11.1 Å². The number of carbonyl (C=O) groups excluding carboxylic acids is 3. The Labute approximate surface area is 263 Å². The minimum atomic E-state index is -0.733. The maximum Gasteiger partial charge on any atom is 0.332 e. The average Bonchev–Trinajstić information content (AvgIpc) is 3.06. The highest BCUT2D eigenvalue weighted by atomic mass is 32.2. The van der Waals surface area contributed by atoms with Crippen molar-refractivity contribution in [1.82, 2.24) is 0 Å². The molecule has 8 nitrogen and oxygen atoms in total. The number of nitro benzene ring substituents is 1. The van der Waals surface area contributed by atoms with Gasteiger partial charge in [0.1, 0.15) is 0 Å². The van der Waals surface area contributed by atoms with Crippen molar-refractivity contribution in [2.24, 2.45) is 5.16 Å². The summed E-state index contributed by atoms with van der Waals surface area (Å²) < 4.78 is 0. The SMILES string of the molecule is CC(=O)ON=C(C(=O)c1ccc(Sc2ccc(C(=O)c3ccc(-c4ccccc4)cc3)cc2)cc1)c1cc([N+](=O)[O-])ccc1C. The molecule has 0 fully saturated rings. The van der Waals surface area contributed by atoms with E-state index in [1.165, 1.54) is 30.0 Å². The zero-order chi connectivity index (χ0) is 31.9. The molecule has 222 valence electrons. The zero-order valence-electron chi connectivity index (χ0n) is 24.3. The molecule has 0 aromatic heterocycles. The van der Waals surface area contributed by atoms with Gasteiger partial charge < -0.3 is 4.84 Å². The molecule has 45 heavy (non-hydrogen) atoms. The van der Waals surface area contributed by atoms with E-state index in [1.807, 2.05) is 66.7 Å². The van der Waals surface area contributed by atoms with Crippen LogP contribution < -0.4 is 0 Å². The number of carbonyl (C=O) groups is 3. The molecule has 0 spiro atoms. The molecule has 0 N–H and O–H groups in total. The van der Waals surface area contributed by atoms with E-state index in [0.717, 1.165) is 27.8 Å². The number of benzene rings is 5. The van der Waals surface area contributed by atoms with Gasteiger partial charge in [0.25, 0.3) is 5.69 Å². The molecule has 5 aromatic carbocycles. The van der Waals surface area contributed by atoms with E-state index in [1.54, 1.807) is 43.3 Å². The Morgan fingerprint density at radius 1 is 0.711 bits per heavy atom. The second kappa shape index (κ2) is 13.7. The largest absolute Gasteiger partial charge is 0.332 e. The fourth-order valence-electron chi connectivity index (χ4n) is 4.53. The monoisotopic (exact) mass is 614 g/mol. The van der Waals surface area contributed by atoms with Crippen LogP contribution in [-0.4, -0.2) is 28.2 Å². The van der Waals surface area contributed by atoms with E-state index in [-0.39, 0.29) is 28.3 Å². The van der Waals surface area contributed by atoms with Crippen LogP contribution >= 0.6 is 11.8 Å². The number of Topliss-reactive ketones (excluding diaryl/α,β-unsaturated/α-hetero) is 1. The summed E-state index contributed by atoms with van der Waals surface area (Å²) in [6.45, 7) is 2.82. The third-order valence-electron chi connectivity index (χ3n) is 6.89. The smallest absolute Gasteiger partial charge is 0.318 e. The molecule has 0 atom stereocenters. The van der Waals surface area contributed by atoms with Gasteiger partial charge in [-0.15, -0.1) is 0 Å². The molecule has 0 unspecified atom stereocenters. The Hall–Kier alpha value is -5.67. The van der Waals surface area contributed by atoms with Crippen LogP contribution in [0.5, 0.6) is 0 Å². The fraction of sp³-hybridized carbons (Fsp3) is 0.0556. The van der Waals surface area contributed by atoms with Crippen molar-refractivity contribution in [2.75, 3.05) is 0 Å². The lowest BCUT2D eigenvalue weighted by Gasteiger charge is -2.09. The number of hydrogen-bond acceptors (Lipinski definition) is 8. The molecule has 0 saturated carbocycles. The summed E-state index contributed by atoms with van der Waals surface area (Å²) in [4.78, 5) is 55.2. The van der Waals surface area contributed by atoms with Crippen molar-refractivity contribution in [3.05, 3.63) is 159 Å². The van der Waals surface area contributed by atoms with Crippen molar-refractivity contribution in [3.63, 3.8) is 0 Å². The van der Waals surface area contributed by atoms with E-state index in [9.17, 15) is 24.5 Å². The van der Waals surface area contributed by atoms with Gasteiger partial charge in [0.15, 0.2) is 11.5 Å². The summed E-state index contributed by atoms with van der Waals surface area (Å²) in [7, 11) is 0. The summed E-state index contributed by atoms with van der Waals surface area (Å²) in [5, 5.41) is 15.1. The lowest BCUT2D eigenvalue weighted by atomic mass is 9.97. The number of ketones is 2. The molecule has 0 radical (unpaired) electrons. The minimum Gasteiger partial charge on any atom is -0.318 e. The maximum atomic E-state index is 13.4. The second-order valence-electron chi connectivity index (χ2n) is 10.0. The summed E-state index contributed by atoms with van der Waals surface area (Å²) in [5.41, 5.74) is 3.86. The molecule has 9 heteroatoms. The van der Waals surface area contributed by atoms with Gasteiger partial charge in [-0.3, -0.25) is 19.7 Å². The van der Waals surface area contributed by atoms with Gasteiger partial charge in [0, 0.05) is 51.1 Å². The summed E-state index contributed by atoms with van der Waals surface area (Å²) >= 11 is 1.45. The summed E-state index contributed by atoms with van der Waals surface area (Å²) in [6.07, 6.45) is 0. The maximum absolute atomic E-state index is 13.4. The molecule has 0 saturated heterocycles. The first-order chi connectivity index (χ1) is 21.7. The lowest BCUT2D eigenvalue weighted by molar-refractivity contribution is -0.384. The molecule has 0 heterocycles. The molecular formula is C36H26N2O6S. The predicted molar refractivity (Wildman–Crippen MR) is 173 cm³/mol. The van der Waals surface area contributed by atoms with Crippen LogP contribution in [0.2, 0.25) is 0 Å². The van der Waals surface area contributed by atoms with Crippen LogP contribution in [-0.2, 0) is 9.63 Å². The zero-order valence-corrected chi connectivity index (χ0v) is 25.1. The van der Waals surface area contributed by atoms with Gasteiger partial charge in [0.2, 0.25) is 5.78 Å². The van der Waals surface area contributed by atoms with Crippen molar-refractivity contribution in [3.8, 4) is 11.1 Å². The average molecular weight is 615 g/mol. The molecular weight excluding hydrogens is 588 g/mol. The van der Waals surface area contributed by atoms with Gasteiger partial charge >= 0.3 is 5.97 Å². The van der Waals surface area contributed by atoms with Crippen LogP contribution in [0.3, 0.4) is 0 Å². The van der Waals surface area contributed by atoms with Gasteiger partial charge in [-0.1, -0.05) is 77.6 Å². The molecule has 0 aliphatic heterocycles. The van der Waals surface area contributed by atoms with E-state index in [4.69, 9.17) is 4.84 Å². The van der Waals surface area contributed by atoms with Crippen LogP contribution in [0.4, 0.5) is 5.69 Å². The lowest BCUT2D eigenvalue weighted by Crippen LogP contribution is -2.18. The first-order valence-corrected chi connectivity index (χ1v) is 14.6. The van der Waals surface area contributed by atoms with Gasteiger partial charge in [0.05, 0.1) is 4.92 Å². The number of non-ortho nitro benzene ring substituents is 1. The van der Waals surface area contributed by atoms with E-state index >= 15 is 0 Å². The Bertz CT molecular complexity index is 1920. The van der Waals surface area contributed by atoms with Gasteiger partial charge in [-0.05, 0) is 72.1 Å². The van der Waals surface area contributed by atoms with Crippen LogP contribution in [0, 0.1) is 17.0 Å². The van der Waals surface area contributed by atoms with Crippen LogP contribution in [0.1, 0.15) is 44.3 Å². The molecule has 0 amide bonds. The number of hydrogen-bond donors (Lipinski definition) is 0. The number of nitro groups is 1. The Balaban J connectivity index is 1.29. The Kier molecular flexibility index (Phi) is 9.40. The summed E-state index contributed by atoms with van der Waals surface area (Å²) in [5.74, 6) is -1.36. The predicted octanol–water partition coefficient (Wildman–Crippen LogP) is 8.10. The van der Waals surface area contributed by atoms with Crippen molar-refractivity contribution in [1.29, 1.82) is 0 Å². The first-order valence-electron chi connectivity index (χ1n) is 13.8. The van der Waals surface area contributed by atoms with E-state index in [2.05, 4.69) is 5.16 Å². The molecule has 0 aliphatic rings. The minimum absolute atomic E-state index is 0.0702. The quantitative estimate of drug-likeness (QED) is 0.0513. The van der Waals surface area contributed by atoms with Crippen molar-refractivity contribution < 1.29 is 24.1 Å². The van der Waals surface area contributed by atoms with Crippen LogP contribution in [0.15, 0.2) is 136 Å². The normalized spacial score (nSPS) is 11.1. The Morgan fingerprint density at radius 3 is 1.80 bits per heavy atom. The summed E-state index contributed by atoms with van der Waals surface area (Å²) in [6, 6.07) is 35.6. The second-order valence-corrected chi connectivity index (χ2v) is 11.2. The van der Waals surface area contributed by atoms with Gasteiger partial charge in [-0.25, -0.2) is 4.79 Å². The number of nitrogens with zero attached hydrogens (tertiary/aromatic N) is 2. The third-order valence-corrected chi connectivity index (χ3v) is 7.91. The van der Waals surface area contributed by atoms with Gasteiger partial charge in [-0.2, -0.15) is 0 Å². The fourth-order valence-corrected chi connectivity index (χ4v) is 5.35. The van der Waals surface area contributed by atoms with E-state index in [0.29, 0.717) is 16.7 Å². The molecule has 5 rings (SSSR count). The molecule has 0 aliphatic carbocycles. The first kappa shape index (κ1) is 30.8. The Morgan fingerprint density at radius 2 is 1.24 bits per heavy atom. The van der Waals surface area contributed by atoms with Crippen molar-refractivity contribution >= 4 is 40.7 Å². The molecule has 5 aromatic rings. The van der Waals surface area contributed by atoms with E-state index < -0.39 is 16.7 Å². The topological polar surface area (TPSA) is 116 Å². The number of aryl methyl sites for hydroxylation is 1. The van der Waals surface area contributed by atoms with Crippen molar-refractivity contribution in [2.45, 2.75) is 23.6 Å². The highest BCUT2D eigenvalue weighted by molar-refractivity contribution is 7.99. The number of oxime groups is 1. The highest BCUT2D eigenvalue weighted by Gasteiger charge is 2.22.